The van der Waals surface area contributed by atoms with Gasteiger partial charge in [-0.25, -0.2) is 4.98 Å². The third kappa shape index (κ3) is 3.56. The summed E-state index contributed by atoms with van der Waals surface area (Å²) >= 11 is 20.0. The number of thiazole rings is 1. The second-order valence-corrected chi connectivity index (χ2v) is 7.37. The van der Waals surface area contributed by atoms with Crippen molar-refractivity contribution < 1.29 is 0 Å². The third-order valence-corrected chi connectivity index (χ3v) is 5.59. The summed E-state index contributed by atoms with van der Waals surface area (Å²) in [6.45, 7) is 4.64. The highest BCUT2D eigenvalue weighted by atomic mass is 35.5. The van der Waals surface area contributed by atoms with E-state index < -0.39 is 0 Å². The largest absolute Gasteiger partial charge is 0.268 e. The van der Waals surface area contributed by atoms with E-state index in [2.05, 4.69) is 10.1 Å². The highest BCUT2D eigenvalue weighted by molar-refractivity contribution is 7.09. The van der Waals surface area contributed by atoms with Crippen LogP contribution in [0.5, 0.6) is 0 Å². The lowest BCUT2D eigenvalue weighted by molar-refractivity contribution is 0.593. The zero-order valence-corrected chi connectivity index (χ0v) is 15.7. The van der Waals surface area contributed by atoms with Crippen molar-refractivity contribution in [1.29, 1.82) is 0 Å². The first-order chi connectivity index (χ1) is 11.0. The molecule has 2 heterocycles. The third-order valence-electron chi connectivity index (χ3n) is 3.59. The summed E-state index contributed by atoms with van der Waals surface area (Å²) in [5.74, 6) is 0. The summed E-state index contributed by atoms with van der Waals surface area (Å²) < 4.78 is 1.92. The van der Waals surface area contributed by atoms with Gasteiger partial charge in [0.1, 0.15) is 0 Å². The maximum atomic E-state index is 6.24. The van der Waals surface area contributed by atoms with E-state index in [0.717, 1.165) is 45.6 Å². The predicted molar refractivity (Wildman–Crippen MR) is 98.0 cm³/mol. The normalized spacial score (nSPS) is 11.2. The van der Waals surface area contributed by atoms with Crippen LogP contribution in [0.4, 0.5) is 0 Å². The molecule has 23 heavy (non-hydrogen) atoms. The Hall–Kier alpha value is -1.07. The molecule has 0 aliphatic rings. The van der Waals surface area contributed by atoms with Crippen molar-refractivity contribution in [3.63, 3.8) is 0 Å². The van der Waals surface area contributed by atoms with Gasteiger partial charge in [0.15, 0.2) is 0 Å². The minimum absolute atomic E-state index is 0.611. The van der Waals surface area contributed by atoms with Crippen LogP contribution in [0.25, 0.3) is 11.3 Å². The molecule has 0 saturated carbocycles. The van der Waals surface area contributed by atoms with Crippen LogP contribution >= 0.6 is 46.1 Å². The first-order valence-corrected chi connectivity index (χ1v) is 9.06. The summed E-state index contributed by atoms with van der Waals surface area (Å²) in [6, 6.07) is 5.44. The van der Waals surface area contributed by atoms with Gasteiger partial charge in [-0.1, -0.05) is 34.8 Å². The molecule has 0 aliphatic heterocycles. The lowest BCUT2D eigenvalue weighted by Gasteiger charge is -2.03. The van der Waals surface area contributed by atoms with E-state index in [1.165, 1.54) is 0 Å². The monoisotopic (exact) mass is 385 g/mol. The van der Waals surface area contributed by atoms with Crippen LogP contribution in [0.3, 0.4) is 0 Å². The summed E-state index contributed by atoms with van der Waals surface area (Å²) in [4.78, 5) is 4.66. The first-order valence-electron chi connectivity index (χ1n) is 7.05. The number of hydrogen-bond donors (Lipinski definition) is 0. The minimum Gasteiger partial charge on any atom is -0.268 e. The van der Waals surface area contributed by atoms with E-state index in [-0.39, 0.29) is 0 Å². The van der Waals surface area contributed by atoms with Crippen LogP contribution in [0.2, 0.25) is 15.1 Å². The van der Waals surface area contributed by atoms with Crippen molar-refractivity contribution in [3.05, 3.63) is 55.0 Å². The van der Waals surface area contributed by atoms with Crippen LogP contribution in [-0.2, 0) is 13.0 Å². The maximum Gasteiger partial charge on any atom is 0.0951 e. The summed E-state index contributed by atoms with van der Waals surface area (Å²) in [5, 5.41) is 9.45. The number of benzene rings is 1. The predicted octanol–water partition coefficient (Wildman–Crippen LogP) is 5.83. The van der Waals surface area contributed by atoms with E-state index in [1.54, 1.807) is 17.4 Å². The Morgan fingerprint density at radius 1 is 1.17 bits per heavy atom. The maximum absolute atomic E-state index is 6.24. The minimum atomic E-state index is 0.611. The van der Waals surface area contributed by atoms with Gasteiger partial charge in [-0.05, 0) is 32.0 Å². The molecule has 3 rings (SSSR count). The molecular weight excluding hydrogens is 373 g/mol. The van der Waals surface area contributed by atoms with Gasteiger partial charge in [-0.15, -0.1) is 11.3 Å². The molecule has 3 aromatic rings. The Bertz CT molecular complexity index is 854. The fourth-order valence-electron chi connectivity index (χ4n) is 2.34. The van der Waals surface area contributed by atoms with E-state index in [4.69, 9.17) is 34.8 Å². The number of aryl methyl sites for hydroxylation is 3. The molecule has 0 bridgehead atoms. The summed E-state index contributed by atoms with van der Waals surface area (Å²) in [5.41, 5.74) is 3.62. The van der Waals surface area contributed by atoms with Gasteiger partial charge in [0, 0.05) is 28.9 Å². The van der Waals surface area contributed by atoms with Crippen LogP contribution in [0, 0.1) is 13.8 Å². The number of halogens is 3. The topological polar surface area (TPSA) is 30.7 Å². The number of rotatable bonds is 4. The van der Waals surface area contributed by atoms with E-state index in [9.17, 15) is 0 Å². The zero-order valence-electron chi connectivity index (χ0n) is 12.6. The zero-order chi connectivity index (χ0) is 16.6. The molecule has 0 atom stereocenters. The average Bonchev–Trinajstić information content (AvgIpc) is 3.06. The van der Waals surface area contributed by atoms with Crippen LogP contribution < -0.4 is 0 Å². The van der Waals surface area contributed by atoms with Gasteiger partial charge in [0.2, 0.25) is 0 Å². The quantitative estimate of drug-likeness (QED) is 0.565. The van der Waals surface area contributed by atoms with Crippen molar-refractivity contribution >= 4 is 46.1 Å². The van der Waals surface area contributed by atoms with E-state index >= 15 is 0 Å². The van der Waals surface area contributed by atoms with Crippen molar-refractivity contribution in [2.24, 2.45) is 0 Å². The van der Waals surface area contributed by atoms with Crippen molar-refractivity contribution in [1.82, 2.24) is 14.8 Å². The smallest absolute Gasteiger partial charge is 0.0951 e. The molecule has 0 saturated heterocycles. The Morgan fingerprint density at radius 2 is 1.96 bits per heavy atom. The molecule has 0 fully saturated rings. The molecule has 0 radical (unpaired) electrons. The van der Waals surface area contributed by atoms with Crippen LogP contribution in [-0.4, -0.2) is 14.8 Å². The Morgan fingerprint density at radius 3 is 2.61 bits per heavy atom. The van der Waals surface area contributed by atoms with Crippen LogP contribution in [0.15, 0.2) is 23.6 Å². The van der Waals surface area contributed by atoms with E-state index in [1.807, 2.05) is 36.0 Å². The second-order valence-electron chi connectivity index (χ2n) is 5.21. The summed E-state index contributed by atoms with van der Waals surface area (Å²) in [7, 11) is 0. The molecule has 0 aliphatic carbocycles. The first kappa shape index (κ1) is 16.8. The molecule has 0 N–H and O–H groups in total. The SMILES string of the molecule is Cc1nn(CCc2nc(-c3ccc(Cl)cc3Cl)cs2)c(C)c1Cl. The van der Waals surface area contributed by atoms with Gasteiger partial charge >= 0.3 is 0 Å². The highest BCUT2D eigenvalue weighted by Crippen LogP contribution is 2.31. The van der Waals surface area contributed by atoms with Gasteiger partial charge in [0.05, 0.1) is 32.1 Å². The molecule has 3 nitrogen and oxygen atoms in total. The van der Waals surface area contributed by atoms with Crippen molar-refractivity contribution in [3.8, 4) is 11.3 Å². The molecule has 0 unspecified atom stereocenters. The Labute approximate surface area is 153 Å². The standard InChI is InChI=1S/C16H14Cl3N3S/c1-9-16(19)10(2)22(21-9)6-5-15-20-14(8-23-15)12-4-3-11(17)7-13(12)18/h3-4,7-8H,5-6H2,1-2H3. The Kier molecular flexibility index (Phi) is 4.97. The summed E-state index contributed by atoms with van der Waals surface area (Å²) in [6.07, 6.45) is 0.800. The van der Waals surface area contributed by atoms with Crippen molar-refractivity contribution in [2.75, 3.05) is 0 Å². The molecule has 2 aromatic heterocycles. The van der Waals surface area contributed by atoms with E-state index in [0.29, 0.717) is 10.0 Å². The fraction of sp³-hybridized carbons (Fsp3) is 0.250. The van der Waals surface area contributed by atoms with Gasteiger partial charge in [0.25, 0.3) is 0 Å². The molecule has 0 amide bonds. The van der Waals surface area contributed by atoms with Gasteiger partial charge < -0.3 is 0 Å². The highest BCUT2D eigenvalue weighted by Gasteiger charge is 2.11. The van der Waals surface area contributed by atoms with Crippen LogP contribution in [0.1, 0.15) is 16.4 Å². The molecule has 7 heteroatoms. The molecular formula is C16H14Cl3N3S. The lowest BCUT2D eigenvalue weighted by atomic mass is 10.2. The Balaban J connectivity index is 1.76. The number of aromatic nitrogens is 3. The lowest BCUT2D eigenvalue weighted by Crippen LogP contribution is -2.05. The average molecular weight is 387 g/mol. The molecule has 0 spiro atoms. The molecule has 120 valence electrons. The van der Waals surface area contributed by atoms with Gasteiger partial charge in [-0.2, -0.15) is 5.10 Å². The number of hydrogen-bond acceptors (Lipinski definition) is 3. The number of nitrogens with zero attached hydrogens (tertiary/aromatic N) is 3. The van der Waals surface area contributed by atoms with Crippen molar-refractivity contribution in [2.45, 2.75) is 26.8 Å². The van der Waals surface area contributed by atoms with Gasteiger partial charge in [-0.3, -0.25) is 4.68 Å². The second kappa shape index (κ2) is 6.81. The molecule has 1 aromatic carbocycles. The fourth-order valence-corrected chi connectivity index (χ4v) is 3.77.